The van der Waals surface area contributed by atoms with Crippen LogP contribution in [0.3, 0.4) is 0 Å². The van der Waals surface area contributed by atoms with Crippen LogP contribution in [0.5, 0.6) is 0 Å². The monoisotopic (exact) mass is 267 g/mol. The highest BCUT2D eigenvalue weighted by atomic mass is 32.1. The molecule has 0 radical (unpaired) electrons. The molecule has 2 rings (SSSR count). The number of rotatable bonds is 5. The van der Waals surface area contributed by atoms with Crippen molar-refractivity contribution >= 4 is 11.3 Å². The molecule has 0 aromatic carbocycles. The number of thiophene rings is 1. The topological polar surface area (TPSA) is 32.5 Å². The zero-order chi connectivity index (χ0) is 13.2. The smallest absolute Gasteiger partial charge is 0.0476 e. The summed E-state index contributed by atoms with van der Waals surface area (Å²) < 4.78 is 0. The summed E-state index contributed by atoms with van der Waals surface area (Å²) in [6, 6.07) is 4.98. The van der Waals surface area contributed by atoms with E-state index in [9.17, 15) is 0 Å². The fourth-order valence-electron chi connectivity index (χ4n) is 3.10. The number of hydrogen-bond donors (Lipinski definition) is 1. The maximum absolute atomic E-state index is 6.13. The summed E-state index contributed by atoms with van der Waals surface area (Å²) in [6.45, 7) is 8.48. The van der Waals surface area contributed by atoms with Gasteiger partial charge in [0.15, 0.2) is 0 Å². The van der Waals surface area contributed by atoms with Crippen molar-refractivity contribution < 1.29 is 0 Å². The lowest BCUT2D eigenvalue weighted by atomic mass is 9.93. The summed E-state index contributed by atoms with van der Waals surface area (Å²) in [5, 5.41) is 2.15. The van der Waals surface area contributed by atoms with E-state index in [1.807, 2.05) is 11.3 Å². The van der Waals surface area contributed by atoms with Gasteiger partial charge in [0.25, 0.3) is 0 Å². The molecule has 3 nitrogen and oxygen atoms in total. The minimum absolute atomic E-state index is 0.160. The highest BCUT2D eigenvalue weighted by Crippen LogP contribution is 2.32. The number of likely N-dealkylation sites (N-methyl/N-ethyl adjacent to an activating group) is 2. The maximum Gasteiger partial charge on any atom is 0.0476 e. The molecule has 2 unspecified atom stereocenters. The first-order valence-electron chi connectivity index (χ1n) is 6.79. The highest BCUT2D eigenvalue weighted by Gasteiger charge is 2.43. The fourth-order valence-corrected chi connectivity index (χ4v) is 3.82. The molecule has 1 saturated heterocycles. The predicted molar refractivity (Wildman–Crippen MR) is 78.9 cm³/mol. The quantitative estimate of drug-likeness (QED) is 0.885. The van der Waals surface area contributed by atoms with Gasteiger partial charge in [-0.3, -0.25) is 4.90 Å². The maximum atomic E-state index is 6.13. The summed E-state index contributed by atoms with van der Waals surface area (Å²) >= 11 is 1.84. The molecule has 1 aliphatic rings. The van der Waals surface area contributed by atoms with Crippen LogP contribution in [-0.2, 0) is 6.54 Å². The van der Waals surface area contributed by atoms with E-state index in [2.05, 4.69) is 48.2 Å². The summed E-state index contributed by atoms with van der Waals surface area (Å²) in [6.07, 6.45) is 1.18. The Morgan fingerprint density at radius 2 is 2.39 bits per heavy atom. The van der Waals surface area contributed by atoms with Crippen LogP contribution >= 0.6 is 11.3 Å². The molecular weight excluding hydrogens is 242 g/mol. The van der Waals surface area contributed by atoms with E-state index in [0.717, 1.165) is 26.2 Å². The van der Waals surface area contributed by atoms with Gasteiger partial charge in [-0.2, -0.15) is 0 Å². The molecule has 0 saturated carbocycles. The molecule has 1 aromatic rings. The molecule has 1 aliphatic heterocycles. The van der Waals surface area contributed by atoms with E-state index in [-0.39, 0.29) is 5.54 Å². The average Bonchev–Trinajstić information content (AvgIpc) is 2.96. The lowest BCUT2D eigenvalue weighted by Gasteiger charge is -2.39. The Kier molecular flexibility index (Phi) is 4.43. The first-order chi connectivity index (χ1) is 8.61. The standard InChI is InChI=1S/C14H25N3S/c1-4-17(9-13-6-5-7-18-13)14(10-15)8-12(2)16(3)11-14/h5-7,12H,4,8-11,15H2,1-3H3. The van der Waals surface area contributed by atoms with Gasteiger partial charge < -0.3 is 10.6 Å². The normalized spacial score (nSPS) is 29.3. The Balaban J connectivity index is 2.14. The van der Waals surface area contributed by atoms with Crippen molar-refractivity contribution in [2.24, 2.45) is 5.73 Å². The van der Waals surface area contributed by atoms with E-state index in [1.165, 1.54) is 11.3 Å². The molecule has 1 fully saturated rings. The number of nitrogens with two attached hydrogens (primary N) is 1. The van der Waals surface area contributed by atoms with Gasteiger partial charge in [-0.15, -0.1) is 11.3 Å². The molecule has 2 N–H and O–H groups in total. The molecule has 1 aromatic heterocycles. The van der Waals surface area contributed by atoms with Crippen LogP contribution in [0, 0.1) is 0 Å². The summed E-state index contributed by atoms with van der Waals surface area (Å²) in [4.78, 5) is 6.44. The zero-order valence-corrected chi connectivity index (χ0v) is 12.5. The third-order valence-electron chi connectivity index (χ3n) is 4.33. The minimum atomic E-state index is 0.160. The molecule has 0 amide bonds. The lowest BCUT2D eigenvalue weighted by Crippen LogP contribution is -2.54. The molecular formula is C14H25N3S. The Morgan fingerprint density at radius 1 is 1.61 bits per heavy atom. The molecule has 2 atom stereocenters. The third kappa shape index (κ3) is 2.62. The van der Waals surface area contributed by atoms with Crippen molar-refractivity contribution in [3.8, 4) is 0 Å². The second kappa shape index (κ2) is 5.70. The fraction of sp³-hybridized carbons (Fsp3) is 0.714. The van der Waals surface area contributed by atoms with Crippen LogP contribution in [0.15, 0.2) is 17.5 Å². The van der Waals surface area contributed by atoms with Crippen molar-refractivity contribution in [1.82, 2.24) is 9.80 Å². The van der Waals surface area contributed by atoms with Gasteiger partial charge in [0.05, 0.1) is 0 Å². The van der Waals surface area contributed by atoms with Crippen LogP contribution in [0.2, 0.25) is 0 Å². The second-order valence-electron chi connectivity index (χ2n) is 5.49. The Hall–Kier alpha value is -0.420. The van der Waals surface area contributed by atoms with Crippen LogP contribution < -0.4 is 5.73 Å². The predicted octanol–water partition coefficient (Wildman–Crippen LogP) is 1.99. The first-order valence-corrected chi connectivity index (χ1v) is 7.67. The SMILES string of the molecule is CCN(Cc1cccs1)C1(CN)CC(C)N(C)C1. The summed E-state index contributed by atoms with van der Waals surface area (Å²) in [7, 11) is 2.21. The van der Waals surface area contributed by atoms with Crippen LogP contribution in [0.25, 0.3) is 0 Å². The largest absolute Gasteiger partial charge is 0.329 e. The molecule has 2 heterocycles. The zero-order valence-electron chi connectivity index (χ0n) is 11.7. The van der Waals surface area contributed by atoms with Crippen LogP contribution in [0.4, 0.5) is 0 Å². The second-order valence-corrected chi connectivity index (χ2v) is 6.52. The van der Waals surface area contributed by atoms with Crippen molar-refractivity contribution in [3.05, 3.63) is 22.4 Å². The van der Waals surface area contributed by atoms with E-state index in [1.54, 1.807) is 0 Å². The van der Waals surface area contributed by atoms with Crippen LogP contribution in [-0.4, -0.2) is 48.1 Å². The Bertz CT molecular complexity index is 353. The van der Waals surface area contributed by atoms with Crippen LogP contribution in [0.1, 0.15) is 25.1 Å². The minimum Gasteiger partial charge on any atom is -0.329 e. The Labute approximate surface area is 115 Å². The Morgan fingerprint density at radius 3 is 2.83 bits per heavy atom. The summed E-state index contributed by atoms with van der Waals surface area (Å²) in [5.41, 5.74) is 6.29. The van der Waals surface area contributed by atoms with Gasteiger partial charge in [0, 0.05) is 36.1 Å². The molecule has 0 aliphatic carbocycles. The van der Waals surface area contributed by atoms with Gasteiger partial charge in [0.2, 0.25) is 0 Å². The van der Waals surface area contributed by atoms with Gasteiger partial charge in [-0.05, 0) is 38.4 Å². The van der Waals surface area contributed by atoms with E-state index < -0.39 is 0 Å². The molecule has 4 heteroatoms. The average molecular weight is 267 g/mol. The van der Waals surface area contributed by atoms with Gasteiger partial charge in [-0.1, -0.05) is 13.0 Å². The number of nitrogens with zero attached hydrogens (tertiary/aromatic N) is 2. The van der Waals surface area contributed by atoms with Gasteiger partial charge in [0.1, 0.15) is 0 Å². The summed E-state index contributed by atoms with van der Waals surface area (Å²) in [5.74, 6) is 0. The molecule has 18 heavy (non-hydrogen) atoms. The number of likely N-dealkylation sites (tertiary alicyclic amines) is 1. The first kappa shape index (κ1) is 14.0. The van der Waals surface area contributed by atoms with Crippen molar-refractivity contribution in [3.63, 3.8) is 0 Å². The highest BCUT2D eigenvalue weighted by molar-refractivity contribution is 7.09. The van der Waals surface area contributed by atoms with E-state index in [0.29, 0.717) is 6.04 Å². The lowest BCUT2D eigenvalue weighted by molar-refractivity contribution is 0.101. The van der Waals surface area contributed by atoms with Gasteiger partial charge in [-0.25, -0.2) is 0 Å². The molecule has 0 spiro atoms. The third-order valence-corrected chi connectivity index (χ3v) is 5.19. The van der Waals surface area contributed by atoms with Crippen molar-refractivity contribution in [2.45, 2.75) is 38.4 Å². The number of hydrogen-bond acceptors (Lipinski definition) is 4. The van der Waals surface area contributed by atoms with Gasteiger partial charge >= 0.3 is 0 Å². The van der Waals surface area contributed by atoms with Crippen molar-refractivity contribution in [1.29, 1.82) is 0 Å². The molecule has 102 valence electrons. The van der Waals surface area contributed by atoms with Crippen molar-refractivity contribution in [2.75, 3.05) is 26.7 Å². The van der Waals surface area contributed by atoms with E-state index >= 15 is 0 Å². The molecule has 0 bridgehead atoms. The van der Waals surface area contributed by atoms with E-state index in [4.69, 9.17) is 5.73 Å².